The zero-order chi connectivity index (χ0) is 21.4. The van der Waals surface area contributed by atoms with Crippen LogP contribution in [0.4, 0.5) is 0 Å². The van der Waals surface area contributed by atoms with Crippen LogP contribution in [0.1, 0.15) is 71.1 Å². The lowest BCUT2D eigenvalue weighted by Gasteiger charge is -2.35. The summed E-state index contributed by atoms with van der Waals surface area (Å²) in [5, 5.41) is 49.4. The Hall–Kier alpha value is -1.25. The van der Waals surface area contributed by atoms with Crippen molar-refractivity contribution >= 4 is 5.97 Å². The first-order valence-corrected chi connectivity index (χ1v) is 10.3. The molecule has 0 aliphatic heterocycles. The Balaban J connectivity index is 3.90. The zero-order valence-corrected chi connectivity index (χ0v) is 17.0. The number of allylic oxidation sites excluding steroid dienone is 2. The molecule has 7 heteroatoms. The van der Waals surface area contributed by atoms with Gasteiger partial charge < -0.3 is 36.1 Å². The summed E-state index contributed by atoms with van der Waals surface area (Å²) < 4.78 is 0. The Bertz CT molecular complexity index is 468. The van der Waals surface area contributed by atoms with Crippen LogP contribution in [0.25, 0.3) is 0 Å². The second-order valence-corrected chi connectivity index (χ2v) is 7.33. The monoisotopic (exact) mass is 400 g/mol. The Morgan fingerprint density at radius 2 is 1.68 bits per heavy atom. The molecule has 0 fully saturated rings. The van der Waals surface area contributed by atoms with Gasteiger partial charge in [0.1, 0.15) is 11.6 Å². The molecule has 6 N–H and O–H groups in total. The number of unbranched alkanes of at least 4 members (excludes halogenated alkanes) is 6. The first-order chi connectivity index (χ1) is 13.3. The summed E-state index contributed by atoms with van der Waals surface area (Å²) >= 11 is 0. The third-order valence-corrected chi connectivity index (χ3v) is 4.78. The average Bonchev–Trinajstić information content (AvgIpc) is 2.68. The van der Waals surface area contributed by atoms with Crippen LogP contribution in [0.2, 0.25) is 0 Å². The van der Waals surface area contributed by atoms with Crippen molar-refractivity contribution in [2.45, 2.75) is 95.0 Å². The molecule has 0 saturated heterocycles. The van der Waals surface area contributed by atoms with E-state index in [-0.39, 0.29) is 12.5 Å². The van der Waals surface area contributed by atoms with Crippen molar-refractivity contribution < 1.29 is 30.3 Å². The zero-order valence-electron chi connectivity index (χ0n) is 17.0. The molecule has 0 rings (SSSR count). The number of nitrogens with two attached hydrogens (primary N) is 1. The molecule has 0 heterocycles. The van der Waals surface area contributed by atoms with Gasteiger partial charge in [-0.05, 0) is 38.5 Å². The predicted octanol–water partition coefficient (Wildman–Crippen LogP) is 0.542. The highest BCUT2D eigenvalue weighted by atomic mass is 16.4. The molecule has 0 saturated carbocycles. The van der Waals surface area contributed by atoms with Crippen molar-refractivity contribution in [2.24, 2.45) is 5.73 Å². The van der Waals surface area contributed by atoms with Crippen LogP contribution in [0.5, 0.6) is 0 Å². The Morgan fingerprint density at radius 1 is 1.04 bits per heavy atom. The second-order valence-electron chi connectivity index (χ2n) is 7.33. The third kappa shape index (κ3) is 10.9. The Kier molecular flexibility index (Phi) is 14.9. The molecular formula is C21H38NO6-. The smallest absolute Gasteiger partial charge is 0.108 e. The number of carboxylic acids is 1. The number of hydrogen-bond donors (Lipinski definition) is 5. The van der Waals surface area contributed by atoms with Gasteiger partial charge in [0.25, 0.3) is 0 Å². The van der Waals surface area contributed by atoms with Gasteiger partial charge in [0.2, 0.25) is 0 Å². The molecule has 0 spiro atoms. The van der Waals surface area contributed by atoms with Crippen LogP contribution in [-0.2, 0) is 4.79 Å². The summed E-state index contributed by atoms with van der Waals surface area (Å²) in [7, 11) is 0. The van der Waals surface area contributed by atoms with Gasteiger partial charge in [0, 0.05) is 0 Å². The molecule has 0 aromatic heterocycles. The summed E-state index contributed by atoms with van der Waals surface area (Å²) in [6, 6.07) is 0. The number of carboxylic acid groups (broad SMARTS) is 1. The van der Waals surface area contributed by atoms with Crippen LogP contribution in [0, 0.1) is 0 Å². The van der Waals surface area contributed by atoms with Gasteiger partial charge in [-0.2, -0.15) is 0 Å². The third-order valence-electron chi connectivity index (χ3n) is 4.78. The van der Waals surface area contributed by atoms with Crippen molar-refractivity contribution in [1.29, 1.82) is 0 Å². The average molecular weight is 401 g/mol. The molecule has 0 aromatic rings. The van der Waals surface area contributed by atoms with E-state index in [4.69, 9.17) is 10.8 Å². The molecule has 0 unspecified atom stereocenters. The van der Waals surface area contributed by atoms with Crippen molar-refractivity contribution in [3.8, 4) is 0 Å². The Morgan fingerprint density at radius 3 is 2.25 bits per heavy atom. The van der Waals surface area contributed by atoms with E-state index in [2.05, 4.69) is 6.92 Å². The van der Waals surface area contributed by atoms with Crippen molar-refractivity contribution in [3.63, 3.8) is 0 Å². The SMILES string of the molecule is CCCCCC[C@@H](O)/C=C/CCCC/C=C/C[C@@H](O)[C@H](O)[C@@](N)(CO)C(=O)[O-]. The van der Waals surface area contributed by atoms with Crippen LogP contribution in [0.15, 0.2) is 24.3 Å². The van der Waals surface area contributed by atoms with Gasteiger partial charge in [-0.3, -0.25) is 0 Å². The molecule has 0 aromatic carbocycles. The quantitative estimate of drug-likeness (QED) is 0.177. The van der Waals surface area contributed by atoms with Gasteiger partial charge in [-0.25, -0.2) is 0 Å². The first kappa shape index (κ1) is 26.8. The first-order valence-electron chi connectivity index (χ1n) is 10.3. The largest absolute Gasteiger partial charge is 0.548 e. The Labute approximate surface area is 168 Å². The van der Waals surface area contributed by atoms with E-state index < -0.39 is 30.3 Å². The standard InChI is InChI=1S/C21H39NO6/c1-2-3-4-10-13-17(24)14-11-8-6-5-7-9-12-15-18(25)19(26)21(22,16-23)20(27)28/h9,11-12,14,17-19,23-26H,2-8,10,13,15-16,22H2,1H3,(H,27,28)/p-1/b12-9+,14-11+/t17-,18-,19+,21+/m1/s1. The summed E-state index contributed by atoms with van der Waals surface area (Å²) in [5.41, 5.74) is 2.99. The normalized spacial score (nSPS) is 17.6. The van der Waals surface area contributed by atoms with Gasteiger partial charge in [-0.1, -0.05) is 56.9 Å². The van der Waals surface area contributed by atoms with Gasteiger partial charge >= 0.3 is 0 Å². The number of aliphatic carboxylic acids is 1. The number of aliphatic hydroxyl groups excluding tert-OH is 4. The molecule has 164 valence electrons. The lowest BCUT2D eigenvalue weighted by atomic mass is 9.89. The fourth-order valence-corrected chi connectivity index (χ4v) is 2.76. The van der Waals surface area contributed by atoms with Crippen molar-refractivity contribution in [1.82, 2.24) is 0 Å². The maximum atomic E-state index is 10.9. The van der Waals surface area contributed by atoms with Crippen LogP contribution in [-0.4, -0.2) is 56.9 Å². The predicted molar refractivity (Wildman–Crippen MR) is 107 cm³/mol. The van der Waals surface area contributed by atoms with E-state index in [1.807, 2.05) is 18.2 Å². The van der Waals surface area contributed by atoms with E-state index in [1.54, 1.807) is 6.08 Å². The minimum absolute atomic E-state index is 0.0253. The molecule has 28 heavy (non-hydrogen) atoms. The molecule has 4 atom stereocenters. The van der Waals surface area contributed by atoms with Gasteiger partial charge in [-0.15, -0.1) is 0 Å². The molecular weight excluding hydrogens is 362 g/mol. The molecule has 0 aliphatic carbocycles. The highest BCUT2D eigenvalue weighted by molar-refractivity contribution is 5.77. The van der Waals surface area contributed by atoms with Crippen molar-refractivity contribution in [3.05, 3.63) is 24.3 Å². The topological polar surface area (TPSA) is 147 Å². The molecule has 0 bridgehead atoms. The number of carbonyl (C=O) groups excluding carboxylic acids is 1. The van der Waals surface area contributed by atoms with E-state index >= 15 is 0 Å². The summed E-state index contributed by atoms with van der Waals surface area (Å²) in [6.45, 7) is 1.13. The van der Waals surface area contributed by atoms with E-state index in [1.165, 1.54) is 19.3 Å². The number of hydrogen-bond acceptors (Lipinski definition) is 7. The van der Waals surface area contributed by atoms with E-state index in [9.17, 15) is 25.2 Å². The second kappa shape index (κ2) is 15.6. The van der Waals surface area contributed by atoms with Crippen LogP contribution < -0.4 is 10.8 Å². The minimum Gasteiger partial charge on any atom is -0.548 e. The molecule has 7 nitrogen and oxygen atoms in total. The summed E-state index contributed by atoms with van der Waals surface area (Å²) in [5.74, 6) is -1.82. The molecule has 0 amide bonds. The van der Waals surface area contributed by atoms with Gasteiger partial charge in [0.15, 0.2) is 0 Å². The fraction of sp³-hybridized carbons (Fsp3) is 0.762. The number of aliphatic hydroxyl groups is 4. The lowest BCUT2D eigenvalue weighted by molar-refractivity contribution is -0.318. The van der Waals surface area contributed by atoms with E-state index in [0.717, 1.165) is 38.5 Å². The highest BCUT2D eigenvalue weighted by Crippen LogP contribution is 2.14. The maximum absolute atomic E-state index is 10.9. The summed E-state index contributed by atoms with van der Waals surface area (Å²) in [4.78, 5) is 10.9. The highest BCUT2D eigenvalue weighted by Gasteiger charge is 2.38. The van der Waals surface area contributed by atoms with Crippen LogP contribution >= 0.6 is 0 Å². The van der Waals surface area contributed by atoms with E-state index in [0.29, 0.717) is 0 Å². The van der Waals surface area contributed by atoms with Crippen LogP contribution in [0.3, 0.4) is 0 Å². The minimum atomic E-state index is -2.39. The molecule has 0 radical (unpaired) electrons. The lowest BCUT2D eigenvalue weighted by Crippen LogP contribution is -2.67. The number of rotatable bonds is 17. The molecule has 0 aliphatic rings. The maximum Gasteiger partial charge on any atom is 0.108 e. The fourth-order valence-electron chi connectivity index (χ4n) is 2.76. The summed E-state index contributed by atoms with van der Waals surface area (Å²) in [6.07, 6.45) is 12.8. The van der Waals surface area contributed by atoms with Crippen molar-refractivity contribution in [2.75, 3.05) is 6.61 Å². The number of carbonyl (C=O) groups is 1. The van der Waals surface area contributed by atoms with Gasteiger partial charge in [0.05, 0.1) is 24.8 Å².